The summed E-state index contributed by atoms with van der Waals surface area (Å²) in [4.78, 5) is 34.0. The molecule has 0 N–H and O–H groups in total. The Labute approximate surface area is 228 Å². The van der Waals surface area contributed by atoms with Crippen LogP contribution in [-0.4, -0.2) is 17.3 Å². The number of aryl methyl sites for hydroxylation is 2. The average molecular weight is 552 g/mol. The van der Waals surface area contributed by atoms with Crippen LogP contribution in [0.4, 0.5) is 0 Å². The molecule has 0 amide bonds. The van der Waals surface area contributed by atoms with Gasteiger partial charge in [0.2, 0.25) is 0 Å². The molecule has 3 nitrogen and oxygen atoms in total. The number of hydrogen-bond acceptors (Lipinski definition) is 3. The van der Waals surface area contributed by atoms with E-state index in [9.17, 15) is 14.4 Å². The first kappa shape index (κ1) is 31.0. The predicted molar refractivity (Wildman–Crippen MR) is 157 cm³/mol. The van der Waals surface area contributed by atoms with Crippen LogP contribution in [-0.2, 0) is 14.4 Å². The average Bonchev–Trinajstić information content (AvgIpc) is 3.26. The number of hydrogen-bond donors (Lipinski definition) is 0. The van der Waals surface area contributed by atoms with Crippen LogP contribution in [0.1, 0.15) is 70.5 Å². The van der Waals surface area contributed by atoms with Gasteiger partial charge in [-0.1, -0.05) is 66.5 Å². The third-order valence-corrected chi connectivity index (χ3v) is 6.07. The summed E-state index contributed by atoms with van der Waals surface area (Å²) in [6.45, 7) is 10.5. The Morgan fingerprint density at radius 3 is 2.42 bits per heavy atom. The summed E-state index contributed by atoms with van der Waals surface area (Å²) >= 11 is 0. The fourth-order valence-corrected chi connectivity index (χ4v) is 3.99. The molecule has 36 heavy (non-hydrogen) atoms. The van der Waals surface area contributed by atoms with E-state index >= 15 is 0 Å². The Kier molecular flexibility index (Phi) is 13.7. The van der Waals surface area contributed by atoms with Crippen LogP contribution < -0.4 is 0 Å². The second-order valence-corrected chi connectivity index (χ2v) is 9.10. The van der Waals surface area contributed by atoms with Crippen molar-refractivity contribution in [2.24, 2.45) is 5.92 Å². The summed E-state index contributed by atoms with van der Waals surface area (Å²) < 4.78 is 0. The number of Topliss-reactive ketones (excluding diaryl/α,β-unsaturated/α-hetero) is 1. The summed E-state index contributed by atoms with van der Waals surface area (Å²) in [7, 11) is 0. The standard InChI is InChI=1S/C28H30O2.C4H6O.BrH.H2/c1-20-14-15-21(2)28(18-20)27-13-7-10-24(22(3)29)19-25(27)11-6-12-26(30)17-16-23-8-4-5-9-23;1-3-4(2)5;;/h4-5,10,14-18,23H,7-9,12-13,19H2,1-3H3;3H,1H2,2H3;2*1H/b17-16+;;;. The number of ketones is 3. The van der Waals surface area contributed by atoms with Gasteiger partial charge in [0, 0.05) is 13.4 Å². The second-order valence-electron chi connectivity index (χ2n) is 9.10. The van der Waals surface area contributed by atoms with Gasteiger partial charge in [-0.15, -0.1) is 17.0 Å². The zero-order valence-corrected chi connectivity index (χ0v) is 23.6. The normalized spacial score (nSPS) is 15.1. The lowest BCUT2D eigenvalue weighted by molar-refractivity contribution is -0.114. The van der Waals surface area contributed by atoms with Crippen molar-refractivity contribution >= 4 is 39.9 Å². The van der Waals surface area contributed by atoms with Crippen LogP contribution in [0.5, 0.6) is 0 Å². The van der Waals surface area contributed by atoms with E-state index in [-0.39, 0.29) is 42.2 Å². The molecule has 0 heterocycles. The predicted octanol–water partition coefficient (Wildman–Crippen LogP) is 7.83. The van der Waals surface area contributed by atoms with Crippen molar-refractivity contribution in [1.82, 2.24) is 0 Å². The summed E-state index contributed by atoms with van der Waals surface area (Å²) in [5.41, 5.74) is 6.62. The number of carbonyl (C=O) groups is 3. The molecule has 0 fully saturated rings. The molecule has 3 rings (SSSR count). The minimum atomic E-state index is 0. The monoisotopic (exact) mass is 550 g/mol. The number of benzene rings is 1. The molecular weight excluding hydrogens is 512 g/mol. The third kappa shape index (κ3) is 10.3. The van der Waals surface area contributed by atoms with Gasteiger partial charge in [-0.05, 0) is 93.7 Å². The first-order valence-electron chi connectivity index (χ1n) is 12.2. The summed E-state index contributed by atoms with van der Waals surface area (Å²) in [6, 6.07) is 6.46. The molecule has 0 unspecified atom stereocenters. The lowest BCUT2D eigenvalue weighted by atomic mass is 9.90. The Morgan fingerprint density at radius 2 is 1.81 bits per heavy atom. The van der Waals surface area contributed by atoms with E-state index in [1.165, 1.54) is 35.3 Å². The van der Waals surface area contributed by atoms with E-state index < -0.39 is 0 Å². The van der Waals surface area contributed by atoms with Crippen molar-refractivity contribution < 1.29 is 15.8 Å². The quantitative estimate of drug-likeness (QED) is 0.206. The smallest absolute Gasteiger partial charge is 0.167 e. The number of carbonyl (C=O) groups excluding carboxylic acids is 3. The van der Waals surface area contributed by atoms with Crippen LogP contribution in [0.2, 0.25) is 0 Å². The highest BCUT2D eigenvalue weighted by Gasteiger charge is 2.17. The molecule has 0 spiro atoms. The lowest BCUT2D eigenvalue weighted by Crippen LogP contribution is -1.99. The van der Waals surface area contributed by atoms with Crippen LogP contribution in [0, 0.1) is 31.6 Å². The van der Waals surface area contributed by atoms with Gasteiger partial charge in [0.1, 0.15) is 0 Å². The van der Waals surface area contributed by atoms with Gasteiger partial charge >= 0.3 is 0 Å². The summed E-state index contributed by atoms with van der Waals surface area (Å²) in [5.74, 6) is 6.97. The van der Waals surface area contributed by atoms with Gasteiger partial charge < -0.3 is 0 Å². The van der Waals surface area contributed by atoms with E-state index in [0.29, 0.717) is 12.3 Å². The van der Waals surface area contributed by atoms with Crippen LogP contribution in [0.25, 0.3) is 5.57 Å². The van der Waals surface area contributed by atoms with Gasteiger partial charge in [0.25, 0.3) is 0 Å². The van der Waals surface area contributed by atoms with E-state index in [0.717, 1.165) is 36.8 Å². The van der Waals surface area contributed by atoms with Gasteiger partial charge in [0.05, 0.1) is 6.42 Å². The van der Waals surface area contributed by atoms with Crippen molar-refractivity contribution in [3.63, 3.8) is 0 Å². The number of rotatable bonds is 6. The Hall–Kier alpha value is -3.03. The molecular formula is C32H39BrO3. The van der Waals surface area contributed by atoms with Gasteiger partial charge in [0.15, 0.2) is 17.3 Å². The maximum Gasteiger partial charge on any atom is 0.167 e. The van der Waals surface area contributed by atoms with Crippen molar-refractivity contribution in [2.45, 2.75) is 66.2 Å². The minimum absolute atomic E-state index is 0. The fourth-order valence-electron chi connectivity index (χ4n) is 3.99. The maximum absolute atomic E-state index is 12.2. The Balaban J connectivity index is 0.00000169. The molecule has 1 aromatic carbocycles. The topological polar surface area (TPSA) is 51.2 Å². The molecule has 1 aromatic rings. The highest BCUT2D eigenvalue weighted by molar-refractivity contribution is 8.93. The van der Waals surface area contributed by atoms with Crippen LogP contribution >= 0.6 is 17.0 Å². The SMILES string of the molecule is Br.C=CC(C)=O.CC(=O)C1=CCCC(c2cc(C)ccc2C)=C(C#CCC(=O)/C=C/C2CC=CC2)C1.[HH]. The van der Waals surface area contributed by atoms with Crippen molar-refractivity contribution in [3.8, 4) is 11.8 Å². The molecule has 0 saturated heterocycles. The Bertz CT molecular complexity index is 1160. The van der Waals surface area contributed by atoms with Crippen molar-refractivity contribution in [3.05, 3.63) is 89.1 Å². The molecule has 0 aromatic heterocycles. The molecule has 4 heteroatoms. The van der Waals surface area contributed by atoms with Crippen molar-refractivity contribution in [2.75, 3.05) is 0 Å². The van der Waals surface area contributed by atoms with Crippen molar-refractivity contribution in [1.29, 1.82) is 0 Å². The van der Waals surface area contributed by atoms with E-state index in [1.54, 1.807) is 13.0 Å². The molecule has 0 bridgehead atoms. The molecule has 0 saturated carbocycles. The molecule has 0 radical (unpaired) electrons. The molecule has 0 atom stereocenters. The van der Waals surface area contributed by atoms with E-state index in [1.807, 2.05) is 12.2 Å². The summed E-state index contributed by atoms with van der Waals surface area (Å²) in [6.07, 6.45) is 15.8. The largest absolute Gasteiger partial charge is 0.295 e. The maximum atomic E-state index is 12.2. The van der Waals surface area contributed by atoms with Gasteiger partial charge in [-0.25, -0.2) is 0 Å². The van der Waals surface area contributed by atoms with E-state index in [2.05, 4.69) is 62.6 Å². The minimum Gasteiger partial charge on any atom is -0.295 e. The molecule has 0 aliphatic heterocycles. The van der Waals surface area contributed by atoms with Crippen LogP contribution in [0.3, 0.4) is 0 Å². The molecule has 2 aliphatic carbocycles. The number of allylic oxidation sites excluding steroid dienone is 9. The third-order valence-electron chi connectivity index (χ3n) is 6.07. The molecule has 192 valence electrons. The lowest BCUT2D eigenvalue weighted by Gasteiger charge is -2.13. The highest BCUT2D eigenvalue weighted by Crippen LogP contribution is 2.33. The number of halogens is 1. The zero-order valence-electron chi connectivity index (χ0n) is 21.9. The Morgan fingerprint density at radius 1 is 1.14 bits per heavy atom. The van der Waals surface area contributed by atoms with E-state index in [4.69, 9.17) is 0 Å². The van der Waals surface area contributed by atoms with Gasteiger partial charge in [-0.2, -0.15) is 0 Å². The van der Waals surface area contributed by atoms with Crippen LogP contribution in [0.15, 0.2) is 72.4 Å². The molecule has 2 aliphatic rings. The zero-order chi connectivity index (χ0) is 25.8. The first-order chi connectivity index (χ1) is 16.7. The second kappa shape index (κ2) is 15.9. The highest BCUT2D eigenvalue weighted by atomic mass is 79.9. The fraction of sp³-hybridized carbons (Fsp3) is 0.344. The van der Waals surface area contributed by atoms with Gasteiger partial charge in [-0.3, -0.25) is 14.4 Å². The first-order valence-corrected chi connectivity index (χ1v) is 12.2. The summed E-state index contributed by atoms with van der Waals surface area (Å²) in [5, 5.41) is 0.